The lowest BCUT2D eigenvalue weighted by molar-refractivity contribution is 1.04. The van der Waals surface area contributed by atoms with Gasteiger partial charge in [0.1, 0.15) is 0 Å². The van der Waals surface area contributed by atoms with Gasteiger partial charge in [0.25, 0.3) is 0 Å². The number of pyridine rings is 1. The molecule has 14 heavy (non-hydrogen) atoms. The number of anilines is 1. The normalized spacial score (nSPS) is 14.5. The van der Waals surface area contributed by atoms with Crippen molar-refractivity contribution in [3.05, 3.63) is 23.5 Å². The average molecular weight is 192 g/mol. The quantitative estimate of drug-likeness (QED) is 0.781. The molecule has 0 radical (unpaired) electrons. The molecule has 0 amide bonds. The molecule has 2 rings (SSSR count). The lowest BCUT2D eigenvalue weighted by Gasteiger charge is -2.06. The SMILES string of the molecule is CC.CCc1cncc(C2CC2)c1N. The summed E-state index contributed by atoms with van der Waals surface area (Å²) in [6.07, 6.45) is 7.37. The summed E-state index contributed by atoms with van der Waals surface area (Å²) in [5.41, 5.74) is 9.44. The summed E-state index contributed by atoms with van der Waals surface area (Å²) in [6, 6.07) is 0. The van der Waals surface area contributed by atoms with Gasteiger partial charge < -0.3 is 5.73 Å². The number of nitrogens with zero attached hydrogens (tertiary/aromatic N) is 1. The number of hydrogen-bond acceptors (Lipinski definition) is 2. The van der Waals surface area contributed by atoms with Crippen LogP contribution in [-0.2, 0) is 6.42 Å². The predicted octanol–water partition coefficient (Wildman–Crippen LogP) is 3.13. The molecular formula is C12H20N2. The van der Waals surface area contributed by atoms with Crippen molar-refractivity contribution in [3.8, 4) is 0 Å². The van der Waals surface area contributed by atoms with Crippen molar-refractivity contribution >= 4 is 5.69 Å². The highest BCUT2D eigenvalue weighted by Gasteiger charge is 2.26. The fourth-order valence-electron chi connectivity index (χ4n) is 1.53. The molecule has 0 bridgehead atoms. The smallest absolute Gasteiger partial charge is 0.0412 e. The number of rotatable bonds is 2. The number of hydrogen-bond donors (Lipinski definition) is 1. The van der Waals surface area contributed by atoms with E-state index in [-0.39, 0.29) is 0 Å². The number of aromatic nitrogens is 1. The van der Waals surface area contributed by atoms with E-state index in [0.29, 0.717) is 5.92 Å². The van der Waals surface area contributed by atoms with Crippen LogP contribution in [0.15, 0.2) is 12.4 Å². The molecule has 0 spiro atoms. The van der Waals surface area contributed by atoms with Gasteiger partial charge >= 0.3 is 0 Å². The van der Waals surface area contributed by atoms with E-state index in [9.17, 15) is 0 Å². The average Bonchev–Trinajstić information content (AvgIpc) is 3.05. The second-order valence-electron chi connectivity index (χ2n) is 3.43. The molecule has 2 nitrogen and oxygen atoms in total. The Bertz CT molecular complexity index is 290. The van der Waals surface area contributed by atoms with Gasteiger partial charge in [-0.15, -0.1) is 0 Å². The maximum absolute atomic E-state index is 5.99. The summed E-state index contributed by atoms with van der Waals surface area (Å²) in [6.45, 7) is 6.12. The van der Waals surface area contributed by atoms with E-state index < -0.39 is 0 Å². The Balaban J connectivity index is 0.000000461. The van der Waals surface area contributed by atoms with E-state index in [1.165, 1.54) is 24.0 Å². The Morgan fingerprint density at radius 3 is 2.50 bits per heavy atom. The molecule has 0 atom stereocenters. The van der Waals surface area contributed by atoms with Crippen LogP contribution < -0.4 is 5.73 Å². The van der Waals surface area contributed by atoms with Gasteiger partial charge in [-0.1, -0.05) is 20.8 Å². The lowest BCUT2D eigenvalue weighted by Crippen LogP contribution is -1.99. The monoisotopic (exact) mass is 192 g/mol. The van der Waals surface area contributed by atoms with E-state index in [0.717, 1.165) is 12.1 Å². The second kappa shape index (κ2) is 4.99. The van der Waals surface area contributed by atoms with Gasteiger partial charge in [-0.2, -0.15) is 0 Å². The van der Waals surface area contributed by atoms with Crippen LogP contribution in [0, 0.1) is 0 Å². The Morgan fingerprint density at radius 1 is 1.36 bits per heavy atom. The molecule has 0 aliphatic heterocycles. The predicted molar refractivity (Wildman–Crippen MR) is 61.4 cm³/mol. The molecular weight excluding hydrogens is 172 g/mol. The van der Waals surface area contributed by atoms with Crippen LogP contribution in [0.4, 0.5) is 5.69 Å². The molecule has 1 saturated carbocycles. The summed E-state index contributed by atoms with van der Waals surface area (Å²) >= 11 is 0. The van der Waals surface area contributed by atoms with E-state index >= 15 is 0 Å². The van der Waals surface area contributed by atoms with Crippen LogP contribution in [0.1, 0.15) is 50.7 Å². The number of nitrogens with two attached hydrogens (primary N) is 1. The highest BCUT2D eigenvalue weighted by molar-refractivity contribution is 5.54. The zero-order valence-corrected chi connectivity index (χ0v) is 9.38. The number of nitrogen functional groups attached to an aromatic ring is 1. The third-order valence-corrected chi connectivity index (χ3v) is 2.50. The Hall–Kier alpha value is -1.05. The van der Waals surface area contributed by atoms with Crippen LogP contribution in [-0.4, -0.2) is 4.98 Å². The molecule has 0 unspecified atom stereocenters. The van der Waals surface area contributed by atoms with E-state index in [4.69, 9.17) is 5.73 Å². The summed E-state index contributed by atoms with van der Waals surface area (Å²) in [5.74, 6) is 0.712. The van der Waals surface area contributed by atoms with Gasteiger partial charge in [0.15, 0.2) is 0 Å². The van der Waals surface area contributed by atoms with Gasteiger partial charge in [0.2, 0.25) is 0 Å². The summed E-state index contributed by atoms with van der Waals surface area (Å²) in [4.78, 5) is 4.20. The molecule has 1 aliphatic carbocycles. The third kappa shape index (κ3) is 2.25. The van der Waals surface area contributed by atoms with Gasteiger partial charge in [0, 0.05) is 18.1 Å². The second-order valence-corrected chi connectivity index (χ2v) is 3.43. The summed E-state index contributed by atoms with van der Waals surface area (Å²) in [5, 5.41) is 0. The van der Waals surface area contributed by atoms with Crippen molar-refractivity contribution in [3.63, 3.8) is 0 Å². The largest absolute Gasteiger partial charge is 0.398 e. The van der Waals surface area contributed by atoms with Crippen LogP contribution in [0.5, 0.6) is 0 Å². The van der Waals surface area contributed by atoms with Crippen LogP contribution in [0.2, 0.25) is 0 Å². The summed E-state index contributed by atoms with van der Waals surface area (Å²) in [7, 11) is 0. The van der Waals surface area contributed by atoms with Crippen molar-refractivity contribution in [1.29, 1.82) is 0 Å². The molecule has 1 heterocycles. The Kier molecular flexibility index (Phi) is 3.93. The molecule has 2 heteroatoms. The molecule has 78 valence electrons. The molecule has 0 saturated heterocycles. The molecule has 1 fully saturated rings. The zero-order chi connectivity index (χ0) is 10.6. The van der Waals surface area contributed by atoms with Crippen molar-refractivity contribution in [2.45, 2.75) is 46.0 Å². The standard InChI is InChI=1S/C10H14N2.C2H6/c1-2-7-5-12-6-9(10(7)11)8-3-4-8;1-2/h5-6,8H,2-4H2,1H3,(H2,11,12);1-2H3. The van der Waals surface area contributed by atoms with E-state index in [2.05, 4.69) is 11.9 Å². The maximum Gasteiger partial charge on any atom is 0.0412 e. The minimum absolute atomic E-state index is 0.712. The minimum Gasteiger partial charge on any atom is -0.398 e. The fraction of sp³-hybridized carbons (Fsp3) is 0.583. The molecule has 1 aromatic heterocycles. The first-order valence-electron chi connectivity index (χ1n) is 5.55. The lowest BCUT2D eigenvalue weighted by atomic mass is 10.1. The van der Waals surface area contributed by atoms with E-state index in [1.807, 2.05) is 26.2 Å². The van der Waals surface area contributed by atoms with Crippen LogP contribution in [0.25, 0.3) is 0 Å². The van der Waals surface area contributed by atoms with Crippen molar-refractivity contribution in [2.75, 3.05) is 5.73 Å². The van der Waals surface area contributed by atoms with Gasteiger partial charge in [-0.05, 0) is 36.3 Å². The first-order valence-corrected chi connectivity index (χ1v) is 5.55. The van der Waals surface area contributed by atoms with Crippen LogP contribution >= 0.6 is 0 Å². The first-order chi connectivity index (χ1) is 6.83. The van der Waals surface area contributed by atoms with Gasteiger partial charge in [-0.25, -0.2) is 0 Å². The summed E-state index contributed by atoms with van der Waals surface area (Å²) < 4.78 is 0. The molecule has 1 aliphatic rings. The first kappa shape index (κ1) is 11.0. The zero-order valence-electron chi connectivity index (χ0n) is 9.38. The molecule has 1 aromatic rings. The van der Waals surface area contributed by atoms with Gasteiger partial charge in [-0.3, -0.25) is 4.98 Å². The molecule has 0 aromatic carbocycles. The minimum atomic E-state index is 0.712. The fourth-order valence-corrected chi connectivity index (χ4v) is 1.53. The molecule has 2 N–H and O–H groups in total. The topological polar surface area (TPSA) is 38.9 Å². The highest BCUT2D eigenvalue weighted by atomic mass is 14.7. The van der Waals surface area contributed by atoms with E-state index in [1.54, 1.807) is 0 Å². The van der Waals surface area contributed by atoms with Crippen molar-refractivity contribution < 1.29 is 0 Å². The number of aryl methyl sites for hydroxylation is 1. The Labute approximate surface area is 86.5 Å². The third-order valence-electron chi connectivity index (χ3n) is 2.50. The highest BCUT2D eigenvalue weighted by Crippen LogP contribution is 2.42. The van der Waals surface area contributed by atoms with Gasteiger partial charge in [0.05, 0.1) is 0 Å². The Morgan fingerprint density at radius 2 is 2.00 bits per heavy atom. The maximum atomic E-state index is 5.99. The van der Waals surface area contributed by atoms with Crippen molar-refractivity contribution in [1.82, 2.24) is 4.98 Å². The van der Waals surface area contributed by atoms with Crippen molar-refractivity contribution in [2.24, 2.45) is 0 Å². The van der Waals surface area contributed by atoms with Crippen LogP contribution in [0.3, 0.4) is 0 Å².